The van der Waals surface area contributed by atoms with E-state index in [4.69, 9.17) is 4.74 Å². The van der Waals surface area contributed by atoms with Gasteiger partial charge in [0, 0.05) is 18.1 Å². The Bertz CT molecular complexity index is 185. The Morgan fingerprint density at radius 1 is 1.23 bits per heavy atom. The highest BCUT2D eigenvalue weighted by Crippen LogP contribution is 2.33. The first-order valence-electron chi connectivity index (χ1n) is 5.47. The normalized spacial score (nSPS) is 36.2. The molecule has 1 heterocycles. The largest absolute Gasteiger partial charge is 0.375 e. The summed E-state index contributed by atoms with van der Waals surface area (Å²) < 4.78 is 5.79. The van der Waals surface area contributed by atoms with Crippen LogP contribution in [0.15, 0.2) is 0 Å². The Labute approximate surface area is 81.3 Å². The summed E-state index contributed by atoms with van der Waals surface area (Å²) in [5, 5.41) is 0. The molecule has 0 aromatic carbocycles. The van der Waals surface area contributed by atoms with E-state index in [1.54, 1.807) is 0 Å². The fourth-order valence-electron chi connectivity index (χ4n) is 2.76. The first-order chi connectivity index (χ1) is 6.09. The predicted molar refractivity (Wildman–Crippen MR) is 53.8 cm³/mol. The van der Waals surface area contributed by atoms with Crippen molar-refractivity contribution in [1.82, 2.24) is 4.90 Å². The number of hydrogen-bond donors (Lipinski definition) is 0. The average Bonchev–Trinajstić information content (AvgIpc) is 2.48. The highest BCUT2D eigenvalue weighted by molar-refractivity contribution is 4.94. The number of rotatable bonds is 0. The van der Waals surface area contributed by atoms with Crippen LogP contribution in [0.4, 0.5) is 0 Å². The van der Waals surface area contributed by atoms with E-state index in [-0.39, 0.29) is 0 Å². The molecule has 0 N–H and O–H groups in total. The van der Waals surface area contributed by atoms with E-state index in [1.165, 1.54) is 19.3 Å². The van der Waals surface area contributed by atoms with Crippen molar-refractivity contribution in [2.45, 2.75) is 57.7 Å². The van der Waals surface area contributed by atoms with E-state index in [2.05, 4.69) is 25.7 Å². The first kappa shape index (κ1) is 9.47. The summed E-state index contributed by atoms with van der Waals surface area (Å²) in [4.78, 5) is 2.63. The van der Waals surface area contributed by atoms with Gasteiger partial charge in [-0.2, -0.15) is 0 Å². The van der Waals surface area contributed by atoms with Gasteiger partial charge in [0.2, 0.25) is 0 Å². The van der Waals surface area contributed by atoms with E-state index in [9.17, 15) is 0 Å². The Morgan fingerprint density at radius 3 is 2.69 bits per heavy atom. The van der Waals surface area contributed by atoms with Crippen molar-refractivity contribution in [3.63, 3.8) is 0 Å². The highest BCUT2D eigenvalue weighted by atomic mass is 16.5. The van der Waals surface area contributed by atoms with Gasteiger partial charge in [0.15, 0.2) is 0 Å². The van der Waals surface area contributed by atoms with Crippen molar-refractivity contribution >= 4 is 0 Å². The van der Waals surface area contributed by atoms with E-state index in [0.29, 0.717) is 17.7 Å². The molecule has 2 nitrogen and oxygen atoms in total. The molecular formula is C11H21NO. The summed E-state index contributed by atoms with van der Waals surface area (Å²) in [6.07, 6.45) is 4.49. The van der Waals surface area contributed by atoms with Crippen LogP contribution >= 0.6 is 0 Å². The van der Waals surface area contributed by atoms with E-state index < -0.39 is 0 Å². The maximum atomic E-state index is 5.79. The third kappa shape index (κ3) is 1.75. The lowest BCUT2D eigenvalue weighted by Gasteiger charge is -2.45. The summed E-state index contributed by atoms with van der Waals surface area (Å²) >= 11 is 0. The van der Waals surface area contributed by atoms with Crippen LogP contribution in [-0.4, -0.2) is 35.7 Å². The standard InChI is InChI=1S/C11H21NO/c1-11(2,3)12-7-8-13-10-6-4-5-9(10)12/h9-10H,4-8H2,1-3H3/t9-,10-/m0/s1. The fraction of sp³-hybridized carbons (Fsp3) is 1.00. The summed E-state index contributed by atoms with van der Waals surface area (Å²) in [6, 6.07) is 0.703. The quantitative estimate of drug-likeness (QED) is 0.570. The predicted octanol–water partition coefficient (Wildman–Crippen LogP) is 2.04. The minimum atomic E-state index is 0.317. The van der Waals surface area contributed by atoms with Crippen molar-refractivity contribution in [2.75, 3.05) is 13.2 Å². The Hall–Kier alpha value is -0.0800. The Balaban J connectivity index is 2.10. The first-order valence-corrected chi connectivity index (χ1v) is 5.47. The van der Waals surface area contributed by atoms with Gasteiger partial charge in [0.25, 0.3) is 0 Å². The van der Waals surface area contributed by atoms with Gasteiger partial charge >= 0.3 is 0 Å². The van der Waals surface area contributed by atoms with Crippen molar-refractivity contribution in [3.05, 3.63) is 0 Å². The lowest BCUT2D eigenvalue weighted by Crippen LogP contribution is -2.56. The van der Waals surface area contributed by atoms with Crippen molar-refractivity contribution < 1.29 is 4.74 Å². The van der Waals surface area contributed by atoms with Gasteiger partial charge in [-0.3, -0.25) is 4.90 Å². The second-order valence-corrected chi connectivity index (χ2v) is 5.27. The minimum Gasteiger partial charge on any atom is -0.375 e. The Kier molecular flexibility index (Phi) is 2.37. The zero-order chi connectivity index (χ0) is 9.47. The van der Waals surface area contributed by atoms with E-state index in [0.717, 1.165) is 13.2 Å². The zero-order valence-electron chi connectivity index (χ0n) is 9.05. The lowest BCUT2D eigenvalue weighted by molar-refractivity contribution is -0.0871. The smallest absolute Gasteiger partial charge is 0.0731 e. The van der Waals surface area contributed by atoms with Crippen LogP contribution in [0.3, 0.4) is 0 Å². The van der Waals surface area contributed by atoms with Crippen LogP contribution in [0, 0.1) is 0 Å². The van der Waals surface area contributed by atoms with Gasteiger partial charge in [-0.15, -0.1) is 0 Å². The van der Waals surface area contributed by atoms with Crippen molar-refractivity contribution in [1.29, 1.82) is 0 Å². The van der Waals surface area contributed by atoms with E-state index >= 15 is 0 Å². The van der Waals surface area contributed by atoms with Crippen LogP contribution in [-0.2, 0) is 4.74 Å². The fourth-order valence-corrected chi connectivity index (χ4v) is 2.76. The molecule has 1 saturated carbocycles. The molecule has 1 aliphatic carbocycles. The van der Waals surface area contributed by atoms with Gasteiger partial charge in [-0.1, -0.05) is 0 Å². The molecule has 2 fully saturated rings. The van der Waals surface area contributed by atoms with Gasteiger partial charge in [0.05, 0.1) is 12.7 Å². The zero-order valence-corrected chi connectivity index (χ0v) is 9.05. The molecule has 2 heteroatoms. The minimum absolute atomic E-state index is 0.317. The molecule has 0 aromatic heterocycles. The molecule has 1 aliphatic heterocycles. The maximum absolute atomic E-state index is 5.79. The SMILES string of the molecule is CC(C)(C)N1CCO[C@H]2CCC[C@@H]21. The number of hydrogen-bond acceptors (Lipinski definition) is 2. The van der Waals surface area contributed by atoms with Crippen molar-refractivity contribution in [3.8, 4) is 0 Å². The molecule has 2 atom stereocenters. The van der Waals surface area contributed by atoms with Gasteiger partial charge in [0.1, 0.15) is 0 Å². The number of ether oxygens (including phenoxy) is 1. The summed E-state index contributed by atoms with van der Waals surface area (Å²) in [6.45, 7) is 8.98. The van der Waals surface area contributed by atoms with Crippen molar-refractivity contribution in [2.24, 2.45) is 0 Å². The molecule has 0 spiro atoms. The molecule has 0 radical (unpaired) electrons. The number of morpholine rings is 1. The maximum Gasteiger partial charge on any atom is 0.0731 e. The van der Waals surface area contributed by atoms with Gasteiger partial charge < -0.3 is 4.74 Å². The monoisotopic (exact) mass is 183 g/mol. The van der Waals surface area contributed by atoms with Crippen LogP contribution in [0.1, 0.15) is 40.0 Å². The van der Waals surface area contributed by atoms with Crippen LogP contribution in [0.5, 0.6) is 0 Å². The number of nitrogens with zero attached hydrogens (tertiary/aromatic N) is 1. The van der Waals surface area contributed by atoms with Crippen LogP contribution < -0.4 is 0 Å². The van der Waals surface area contributed by atoms with Gasteiger partial charge in [-0.05, 0) is 40.0 Å². The molecule has 0 amide bonds. The molecule has 1 saturated heterocycles. The third-order valence-electron chi connectivity index (χ3n) is 3.34. The molecule has 76 valence electrons. The van der Waals surface area contributed by atoms with Gasteiger partial charge in [-0.25, -0.2) is 0 Å². The molecule has 2 rings (SSSR count). The topological polar surface area (TPSA) is 12.5 Å². The molecular weight excluding hydrogens is 162 g/mol. The van der Waals surface area contributed by atoms with Crippen LogP contribution in [0.2, 0.25) is 0 Å². The second kappa shape index (κ2) is 3.25. The highest BCUT2D eigenvalue weighted by Gasteiger charge is 2.40. The molecule has 13 heavy (non-hydrogen) atoms. The summed E-state index contributed by atoms with van der Waals surface area (Å²) in [5.41, 5.74) is 0.317. The third-order valence-corrected chi connectivity index (χ3v) is 3.34. The molecule has 0 bridgehead atoms. The average molecular weight is 183 g/mol. The Morgan fingerprint density at radius 2 is 2.00 bits per heavy atom. The van der Waals surface area contributed by atoms with E-state index in [1.807, 2.05) is 0 Å². The van der Waals surface area contributed by atoms with Crippen LogP contribution in [0.25, 0.3) is 0 Å². The summed E-state index contributed by atoms with van der Waals surface area (Å²) in [5.74, 6) is 0. The molecule has 2 aliphatic rings. The summed E-state index contributed by atoms with van der Waals surface area (Å²) in [7, 11) is 0. The molecule has 0 aromatic rings. The lowest BCUT2D eigenvalue weighted by atomic mass is 10.00. The number of fused-ring (bicyclic) bond motifs is 1. The second-order valence-electron chi connectivity index (χ2n) is 5.27. The molecule has 0 unspecified atom stereocenters.